The molecule has 0 heterocycles. The first-order valence-corrected chi connectivity index (χ1v) is 6.29. The van der Waals surface area contributed by atoms with Gasteiger partial charge in [-0.15, -0.1) is 0 Å². The lowest BCUT2D eigenvalue weighted by molar-refractivity contribution is -0.149. The minimum absolute atomic E-state index is 0.0713. The van der Waals surface area contributed by atoms with Crippen LogP contribution in [0.5, 0.6) is 0 Å². The lowest BCUT2D eigenvalue weighted by Gasteiger charge is -2.29. The second kappa shape index (κ2) is 6.06. The monoisotopic (exact) mass is 284 g/mol. The van der Waals surface area contributed by atoms with E-state index in [-0.39, 0.29) is 12.2 Å². The summed E-state index contributed by atoms with van der Waals surface area (Å²) in [4.78, 5) is 34.9. The summed E-state index contributed by atoms with van der Waals surface area (Å²) in [5, 5.41) is 9.26. The zero-order chi connectivity index (χ0) is 14.6. The van der Waals surface area contributed by atoms with Crippen LogP contribution in [-0.4, -0.2) is 35.1 Å². The van der Waals surface area contributed by atoms with E-state index in [4.69, 9.17) is 0 Å². The van der Waals surface area contributed by atoms with Crippen molar-refractivity contribution in [2.24, 2.45) is 5.41 Å². The number of carbonyl (C=O) groups is 3. The van der Waals surface area contributed by atoms with Gasteiger partial charge in [-0.1, -0.05) is 12.8 Å². The van der Waals surface area contributed by atoms with E-state index in [2.05, 4.69) is 17.6 Å². The Hall–Kier alpha value is -1.55. The normalized spacial score (nSPS) is 23.6. The first kappa shape index (κ1) is 15.5. The molecule has 2 atom stereocenters. The Labute approximate surface area is 117 Å². The van der Waals surface area contributed by atoms with Gasteiger partial charge in [0.25, 0.3) is 0 Å². The fraction of sp³-hybridized carbons (Fsp3) is 0.667. The highest BCUT2D eigenvalue weighted by atomic mass is 32.1. The van der Waals surface area contributed by atoms with Gasteiger partial charge in [0.15, 0.2) is 5.78 Å². The van der Waals surface area contributed by atoms with E-state index in [9.17, 15) is 19.6 Å². The van der Waals surface area contributed by atoms with E-state index in [1.807, 2.05) is 6.07 Å². The van der Waals surface area contributed by atoms with Gasteiger partial charge < -0.3 is 4.74 Å². The number of Topliss-reactive ketones (excluding diaryl/α,β-unsaturated/α-hetero) is 1. The van der Waals surface area contributed by atoms with E-state index in [1.165, 1.54) is 14.0 Å². The number of ketones is 1. The lowest BCUT2D eigenvalue weighted by atomic mass is 9.80. The zero-order valence-corrected chi connectivity index (χ0v) is 11.8. The molecule has 104 valence electrons. The Balaban J connectivity index is 3.01. The van der Waals surface area contributed by atoms with Crippen LogP contribution in [0.2, 0.25) is 0 Å². The molecule has 1 rings (SSSR count). The maximum absolute atomic E-state index is 11.9. The van der Waals surface area contributed by atoms with Crippen molar-refractivity contribution in [1.29, 1.82) is 5.26 Å². The van der Waals surface area contributed by atoms with Crippen molar-refractivity contribution in [3.8, 4) is 6.07 Å². The second-order valence-corrected chi connectivity index (χ2v) is 5.01. The molecule has 19 heavy (non-hydrogen) atoms. The third-order valence-electron chi connectivity index (χ3n) is 3.39. The Morgan fingerprint density at radius 1 is 1.63 bits per heavy atom. The van der Waals surface area contributed by atoms with Crippen LogP contribution in [0.4, 0.5) is 0 Å². The number of nitriles is 1. The van der Waals surface area contributed by atoms with Crippen LogP contribution in [0.3, 0.4) is 0 Å². The van der Waals surface area contributed by atoms with Crippen LogP contribution in [0.1, 0.15) is 32.6 Å². The SMILES string of the molecule is COC(=O)C(CC1(C#N)CCCC1=O)N(S)C(C)=O. The van der Waals surface area contributed by atoms with Gasteiger partial charge in [0, 0.05) is 19.8 Å². The van der Waals surface area contributed by atoms with Crippen molar-refractivity contribution < 1.29 is 19.1 Å². The molecular weight excluding hydrogens is 268 g/mol. The lowest BCUT2D eigenvalue weighted by Crippen LogP contribution is -2.43. The average molecular weight is 284 g/mol. The molecule has 2 unspecified atom stereocenters. The summed E-state index contributed by atoms with van der Waals surface area (Å²) < 4.78 is 5.53. The predicted molar refractivity (Wildman–Crippen MR) is 68.8 cm³/mol. The molecular formula is C12H16N2O4S. The quantitative estimate of drug-likeness (QED) is 0.611. The Morgan fingerprint density at radius 2 is 2.26 bits per heavy atom. The number of hydrogen-bond acceptors (Lipinski definition) is 6. The topological polar surface area (TPSA) is 87.5 Å². The Bertz CT molecular complexity index is 446. The largest absolute Gasteiger partial charge is 0.467 e. The van der Waals surface area contributed by atoms with E-state index in [1.54, 1.807) is 0 Å². The summed E-state index contributed by atoms with van der Waals surface area (Å²) in [5.74, 6) is -1.31. The molecule has 0 aromatic heterocycles. The van der Waals surface area contributed by atoms with Crippen LogP contribution in [0, 0.1) is 16.7 Å². The summed E-state index contributed by atoms with van der Waals surface area (Å²) in [6.07, 6.45) is 1.27. The molecule has 0 bridgehead atoms. The van der Waals surface area contributed by atoms with Crippen molar-refractivity contribution in [2.45, 2.75) is 38.6 Å². The molecule has 6 nitrogen and oxygen atoms in total. The van der Waals surface area contributed by atoms with Crippen LogP contribution in [0.25, 0.3) is 0 Å². The predicted octanol–water partition coefficient (Wildman–Crippen LogP) is 0.874. The molecule has 0 spiro atoms. The van der Waals surface area contributed by atoms with Gasteiger partial charge in [-0.25, -0.2) is 4.79 Å². The number of esters is 1. The highest BCUT2D eigenvalue weighted by Gasteiger charge is 2.47. The number of hydrogen-bond donors (Lipinski definition) is 1. The molecule has 0 N–H and O–H groups in total. The van der Waals surface area contributed by atoms with Gasteiger partial charge in [-0.05, 0) is 12.8 Å². The number of methoxy groups -OCH3 is 1. The number of rotatable bonds is 4. The molecule has 7 heteroatoms. The van der Waals surface area contributed by atoms with Crippen LogP contribution in [-0.2, 0) is 19.1 Å². The number of carbonyl (C=O) groups excluding carboxylic acids is 3. The van der Waals surface area contributed by atoms with Gasteiger partial charge in [0.2, 0.25) is 5.91 Å². The first-order valence-electron chi connectivity index (χ1n) is 5.89. The molecule has 0 saturated heterocycles. The van der Waals surface area contributed by atoms with Crippen LogP contribution < -0.4 is 0 Å². The van der Waals surface area contributed by atoms with Crippen LogP contribution >= 0.6 is 12.8 Å². The summed E-state index contributed by atoms with van der Waals surface area (Å²) in [7, 11) is 1.19. The minimum atomic E-state index is -1.21. The number of ether oxygens (including phenoxy) is 1. The maximum Gasteiger partial charge on any atom is 0.329 e. The third-order valence-corrected chi connectivity index (χ3v) is 3.95. The third kappa shape index (κ3) is 3.07. The van der Waals surface area contributed by atoms with Gasteiger partial charge in [0.05, 0.1) is 13.2 Å². The fourth-order valence-electron chi connectivity index (χ4n) is 2.26. The summed E-state index contributed by atoms with van der Waals surface area (Å²) in [6, 6.07) is 0.967. The van der Waals surface area contributed by atoms with Crippen molar-refractivity contribution in [2.75, 3.05) is 7.11 Å². The number of nitrogens with zero attached hydrogens (tertiary/aromatic N) is 2. The minimum Gasteiger partial charge on any atom is -0.467 e. The van der Waals surface area contributed by atoms with Crippen molar-refractivity contribution in [3.05, 3.63) is 0 Å². The Kier molecular flexibility index (Phi) is 4.95. The molecule has 1 amide bonds. The summed E-state index contributed by atoms with van der Waals surface area (Å²) in [5.41, 5.74) is -1.21. The van der Waals surface area contributed by atoms with Gasteiger partial charge in [0.1, 0.15) is 11.5 Å². The van der Waals surface area contributed by atoms with E-state index < -0.39 is 23.3 Å². The number of amides is 1. The fourth-order valence-corrected chi connectivity index (χ4v) is 2.44. The highest BCUT2D eigenvalue weighted by molar-refractivity contribution is 7.78. The van der Waals surface area contributed by atoms with E-state index in [0.29, 0.717) is 19.3 Å². The zero-order valence-electron chi connectivity index (χ0n) is 10.9. The van der Waals surface area contributed by atoms with Crippen LogP contribution in [0.15, 0.2) is 0 Å². The molecule has 0 radical (unpaired) electrons. The van der Waals surface area contributed by atoms with Crippen molar-refractivity contribution in [1.82, 2.24) is 4.31 Å². The standard InChI is InChI=1S/C12H16N2O4S/c1-8(15)14(19)9(11(17)18-2)6-12(7-13)5-3-4-10(12)16/h9,19H,3-6H2,1-2H3. The molecule has 0 aromatic carbocycles. The molecule has 1 aliphatic carbocycles. The molecule has 0 aromatic rings. The molecule has 1 aliphatic rings. The highest BCUT2D eigenvalue weighted by Crippen LogP contribution is 2.39. The summed E-state index contributed by atoms with van der Waals surface area (Å²) in [6.45, 7) is 1.25. The van der Waals surface area contributed by atoms with E-state index >= 15 is 0 Å². The van der Waals surface area contributed by atoms with Crippen molar-refractivity contribution in [3.63, 3.8) is 0 Å². The Morgan fingerprint density at radius 3 is 2.63 bits per heavy atom. The summed E-state index contributed by atoms with van der Waals surface area (Å²) >= 11 is 3.95. The van der Waals surface area contributed by atoms with Gasteiger partial charge in [-0.2, -0.15) is 5.26 Å². The molecule has 1 saturated carbocycles. The maximum atomic E-state index is 11.9. The van der Waals surface area contributed by atoms with Crippen molar-refractivity contribution >= 4 is 30.5 Å². The second-order valence-electron chi connectivity index (χ2n) is 4.58. The van der Waals surface area contributed by atoms with E-state index in [0.717, 1.165) is 4.31 Å². The molecule has 0 aliphatic heterocycles. The van der Waals surface area contributed by atoms with Gasteiger partial charge in [-0.3, -0.25) is 13.9 Å². The smallest absolute Gasteiger partial charge is 0.329 e. The first-order chi connectivity index (χ1) is 8.88. The average Bonchev–Trinajstić information content (AvgIpc) is 2.76. The molecule has 1 fully saturated rings. The van der Waals surface area contributed by atoms with Gasteiger partial charge >= 0.3 is 5.97 Å². The number of thiol groups is 1.